The van der Waals surface area contributed by atoms with Gasteiger partial charge in [-0.3, -0.25) is 4.79 Å². The van der Waals surface area contributed by atoms with E-state index >= 15 is 0 Å². The molecule has 0 fully saturated rings. The molecule has 3 rings (SSSR count). The number of amides is 1. The third-order valence-electron chi connectivity index (χ3n) is 4.79. The Kier molecular flexibility index (Phi) is 5.57. The number of likely N-dealkylation sites (N-methyl/N-ethyl adjacent to an activating group) is 1. The molecule has 26 heavy (non-hydrogen) atoms. The summed E-state index contributed by atoms with van der Waals surface area (Å²) in [5, 5.41) is 0. The van der Waals surface area contributed by atoms with Crippen LogP contribution in [-0.4, -0.2) is 23.9 Å². The van der Waals surface area contributed by atoms with Gasteiger partial charge in [-0.15, -0.1) is 0 Å². The van der Waals surface area contributed by atoms with Crippen LogP contribution in [0.4, 0.5) is 0 Å². The largest absolute Gasteiger partial charge is 0.456 e. The lowest BCUT2D eigenvalue weighted by molar-refractivity contribution is -0.130. The van der Waals surface area contributed by atoms with Gasteiger partial charge in [-0.2, -0.15) is 0 Å². The number of carbonyl (C=O) groups is 1. The first kappa shape index (κ1) is 18.0. The highest BCUT2D eigenvalue weighted by molar-refractivity contribution is 5.83. The van der Waals surface area contributed by atoms with Crippen LogP contribution in [0, 0.1) is 6.92 Å². The monoisotopic (exact) mass is 347 g/mol. The minimum Gasteiger partial charge on any atom is -0.456 e. The molecule has 3 heteroatoms. The molecule has 0 bridgehead atoms. The Hall–Kier alpha value is -2.81. The van der Waals surface area contributed by atoms with Crippen LogP contribution in [0.1, 0.15) is 25.0 Å². The summed E-state index contributed by atoms with van der Waals surface area (Å²) in [6, 6.07) is 20.1. The Balaban J connectivity index is 2.09. The van der Waals surface area contributed by atoms with Gasteiger partial charge in [-0.05, 0) is 26.3 Å². The molecule has 3 nitrogen and oxygen atoms in total. The van der Waals surface area contributed by atoms with Gasteiger partial charge in [0.25, 0.3) is 0 Å². The van der Waals surface area contributed by atoms with Crippen molar-refractivity contribution < 1.29 is 9.21 Å². The van der Waals surface area contributed by atoms with Gasteiger partial charge in [-0.1, -0.05) is 60.7 Å². The van der Waals surface area contributed by atoms with E-state index in [9.17, 15) is 4.79 Å². The van der Waals surface area contributed by atoms with Crippen LogP contribution in [0.5, 0.6) is 0 Å². The molecule has 1 aromatic heterocycles. The highest BCUT2D eigenvalue weighted by Gasteiger charge is 2.23. The molecule has 0 aliphatic rings. The summed E-state index contributed by atoms with van der Waals surface area (Å²) in [7, 11) is 0. The number of nitrogens with zero attached hydrogens (tertiary/aromatic N) is 1. The SMILES string of the molecule is CCN(CC)C(=O)Cc1c(-c2ccccc2)oc(-c2ccccc2)c1C. The van der Waals surface area contributed by atoms with Crippen LogP contribution in [0.2, 0.25) is 0 Å². The molecule has 0 atom stereocenters. The third-order valence-corrected chi connectivity index (χ3v) is 4.79. The molecule has 0 spiro atoms. The average Bonchev–Trinajstić information content (AvgIpc) is 3.01. The molecule has 134 valence electrons. The van der Waals surface area contributed by atoms with Crippen molar-refractivity contribution in [2.24, 2.45) is 0 Å². The Morgan fingerprint density at radius 1 is 0.846 bits per heavy atom. The zero-order valence-electron chi connectivity index (χ0n) is 15.7. The molecular formula is C23H25NO2. The molecule has 3 aromatic rings. The lowest BCUT2D eigenvalue weighted by atomic mass is 9.99. The third kappa shape index (κ3) is 3.57. The fourth-order valence-corrected chi connectivity index (χ4v) is 3.29. The lowest BCUT2D eigenvalue weighted by Crippen LogP contribution is -2.31. The molecule has 0 saturated heterocycles. The van der Waals surface area contributed by atoms with Crippen LogP contribution in [0.25, 0.3) is 22.6 Å². The van der Waals surface area contributed by atoms with E-state index in [0.717, 1.165) is 46.9 Å². The van der Waals surface area contributed by atoms with Crippen molar-refractivity contribution in [2.75, 3.05) is 13.1 Å². The van der Waals surface area contributed by atoms with Gasteiger partial charge >= 0.3 is 0 Å². The number of rotatable bonds is 6. The van der Waals surface area contributed by atoms with Crippen molar-refractivity contribution >= 4 is 5.91 Å². The fourth-order valence-electron chi connectivity index (χ4n) is 3.29. The van der Waals surface area contributed by atoms with Crippen molar-refractivity contribution in [1.29, 1.82) is 0 Å². The average molecular weight is 347 g/mol. The van der Waals surface area contributed by atoms with Crippen molar-refractivity contribution in [1.82, 2.24) is 4.90 Å². The highest BCUT2D eigenvalue weighted by atomic mass is 16.3. The van der Waals surface area contributed by atoms with Gasteiger partial charge < -0.3 is 9.32 Å². The maximum atomic E-state index is 12.7. The second-order valence-electron chi connectivity index (χ2n) is 6.34. The van der Waals surface area contributed by atoms with Crippen LogP contribution in [-0.2, 0) is 11.2 Å². The summed E-state index contributed by atoms with van der Waals surface area (Å²) in [6.45, 7) is 7.51. The second-order valence-corrected chi connectivity index (χ2v) is 6.34. The molecule has 2 aromatic carbocycles. The molecule has 0 aliphatic carbocycles. The van der Waals surface area contributed by atoms with Crippen LogP contribution < -0.4 is 0 Å². The van der Waals surface area contributed by atoms with Crippen molar-refractivity contribution in [3.63, 3.8) is 0 Å². The molecule has 0 unspecified atom stereocenters. The molecule has 0 aliphatic heterocycles. The fraction of sp³-hybridized carbons (Fsp3) is 0.261. The van der Waals surface area contributed by atoms with E-state index in [2.05, 4.69) is 0 Å². The zero-order valence-corrected chi connectivity index (χ0v) is 15.7. The van der Waals surface area contributed by atoms with Gasteiger partial charge in [0.15, 0.2) is 0 Å². The molecule has 1 heterocycles. The van der Waals surface area contributed by atoms with Crippen molar-refractivity contribution in [3.05, 3.63) is 71.8 Å². The summed E-state index contributed by atoms with van der Waals surface area (Å²) in [4.78, 5) is 14.6. The first-order chi connectivity index (χ1) is 12.7. The van der Waals surface area contributed by atoms with E-state index < -0.39 is 0 Å². The van der Waals surface area contributed by atoms with E-state index in [1.807, 2.05) is 86.3 Å². The minimum atomic E-state index is 0.135. The van der Waals surface area contributed by atoms with Crippen LogP contribution in [0.15, 0.2) is 65.1 Å². The highest BCUT2D eigenvalue weighted by Crippen LogP contribution is 2.37. The van der Waals surface area contributed by atoms with Gasteiger partial charge in [0.2, 0.25) is 5.91 Å². The minimum absolute atomic E-state index is 0.135. The van der Waals surface area contributed by atoms with E-state index in [4.69, 9.17) is 4.42 Å². The molecular weight excluding hydrogens is 322 g/mol. The Bertz CT molecular complexity index is 862. The summed E-state index contributed by atoms with van der Waals surface area (Å²) in [6.07, 6.45) is 0.355. The molecule has 1 amide bonds. The standard InChI is InChI=1S/C23H25NO2/c1-4-24(5-2)21(25)16-20-17(3)22(18-12-8-6-9-13-18)26-23(20)19-14-10-7-11-15-19/h6-15H,4-5,16H2,1-3H3. The summed E-state index contributed by atoms with van der Waals surface area (Å²) >= 11 is 0. The lowest BCUT2D eigenvalue weighted by Gasteiger charge is -2.18. The van der Waals surface area contributed by atoms with E-state index in [1.54, 1.807) is 0 Å². The summed E-state index contributed by atoms with van der Waals surface area (Å²) in [5.74, 6) is 1.77. The predicted octanol–water partition coefficient (Wildman–Crippen LogP) is 5.33. The number of hydrogen-bond donors (Lipinski definition) is 0. The van der Waals surface area contributed by atoms with Crippen molar-refractivity contribution in [2.45, 2.75) is 27.2 Å². The Morgan fingerprint density at radius 3 is 1.85 bits per heavy atom. The Labute approximate surface area is 155 Å². The molecule has 0 N–H and O–H groups in total. The maximum Gasteiger partial charge on any atom is 0.227 e. The van der Waals surface area contributed by atoms with Gasteiger partial charge in [-0.25, -0.2) is 0 Å². The maximum absolute atomic E-state index is 12.7. The van der Waals surface area contributed by atoms with E-state index in [0.29, 0.717) is 6.42 Å². The molecule has 0 radical (unpaired) electrons. The molecule has 0 saturated carbocycles. The summed E-state index contributed by atoms with van der Waals surface area (Å²) < 4.78 is 6.29. The first-order valence-corrected chi connectivity index (χ1v) is 9.16. The topological polar surface area (TPSA) is 33.5 Å². The van der Waals surface area contributed by atoms with Gasteiger partial charge in [0.1, 0.15) is 11.5 Å². The van der Waals surface area contributed by atoms with Gasteiger partial charge in [0.05, 0.1) is 6.42 Å². The number of furan rings is 1. The second kappa shape index (κ2) is 8.05. The number of carbonyl (C=O) groups excluding carboxylic acids is 1. The zero-order chi connectivity index (χ0) is 18.5. The summed E-state index contributed by atoms with van der Waals surface area (Å²) in [5.41, 5.74) is 4.05. The first-order valence-electron chi connectivity index (χ1n) is 9.16. The van der Waals surface area contributed by atoms with E-state index in [-0.39, 0.29) is 5.91 Å². The van der Waals surface area contributed by atoms with Crippen molar-refractivity contribution in [3.8, 4) is 22.6 Å². The quantitative estimate of drug-likeness (QED) is 0.603. The number of benzene rings is 2. The van der Waals surface area contributed by atoms with Crippen LogP contribution in [0.3, 0.4) is 0 Å². The normalized spacial score (nSPS) is 10.7. The van der Waals surface area contributed by atoms with E-state index in [1.165, 1.54) is 0 Å². The van der Waals surface area contributed by atoms with Gasteiger partial charge in [0, 0.05) is 29.8 Å². The number of hydrogen-bond acceptors (Lipinski definition) is 2. The Morgan fingerprint density at radius 2 is 1.35 bits per heavy atom. The van der Waals surface area contributed by atoms with Crippen LogP contribution >= 0.6 is 0 Å². The smallest absolute Gasteiger partial charge is 0.227 e. The predicted molar refractivity (Wildman–Crippen MR) is 106 cm³/mol.